The summed E-state index contributed by atoms with van der Waals surface area (Å²) in [6.45, 7) is 2.45. The second kappa shape index (κ2) is 8.19. The Labute approximate surface area is 172 Å². The van der Waals surface area contributed by atoms with Crippen LogP contribution in [-0.2, 0) is 22.1 Å². The number of aromatic nitrogens is 1. The molecule has 0 fully saturated rings. The summed E-state index contributed by atoms with van der Waals surface area (Å²) in [5, 5.41) is 18.1. The number of aromatic hydroxyl groups is 2. The molecule has 0 aliphatic carbocycles. The molecular weight excluding hydrogens is 432 g/mol. The maximum absolute atomic E-state index is 11.7. The van der Waals surface area contributed by atoms with Crippen molar-refractivity contribution in [2.45, 2.75) is 31.7 Å². The average Bonchev–Trinajstić information content (AvgIpc) is 2.93. The van der Waals surface area contributed by atoms with E-state index in [9.17, 15) is 38.9 Å². The van der Waals surface area contributed by atoms with E-state index in [0.717, 1.165) is 5.52 Å². The first kappa shape index (κ1) is 22.6. The van der Waals surface area contributed by atoms with E-state index in [-0.39, 0.29) is 17.9 Å². The predicted molar refractivity (Wildman–Crippen MR) is 113 cm³/mol. The van der Waals surface area contributed by atoms with Crippen molar-refractivity contribution in [3.05, 3.63) is 48.0 Å². The third-order valence-electron chi connectivity index (χ3n) is 5.04. The number of rotatable bonds is 7. The summed E-state index contributed by atoms with van der Waals surface area (Å²) in [4.78, 5) is 37.9. The van der Waals surface area contributed by atoms with Gasteiger partial charge in [-0.15, -0.1) is 0 Å². The first-order chi connectivity index (χ1) is 13.9. The van der Waals surface area contributed by atoms with Crippen molar-refractivity contribution in [1.29, 1.82) is 0 Å². The summed E-state index contributed by atoms with van der Waals surface area (Å²) in [7, 11) is -10.1. The predicted octanol–water partition coefficient (Wildman–Crippen LogP) is 3.35. The Balaban J connectivity index is 2.20. The second-order valence-electron chi connectivity index (χ2n) is 7.02. The maximum Gasteiger partial charge on any atom is 0.340 e. The second-order valence-corrected chi connectivity index (χ2v) is 11.0. The van der Waals surface area contributed by atoms with Gasteiger partial charge >= 0.3 is 15.2 Å². The van der Waals surface area contributed by atoms with E-state index in [2.05, 4.69) is 0 Å². The molecule has 0 atom stereocenters. The largest absolute Gasteiger partial charge is 0.508 e. The zero-order chi connectivity index (χ0) is 22.3. The SMILES string of the molecule is CCn1c(-c2ccc(O)cc2)c(CCC(P(=O)(O)O)P(=O)(O)O)c2cc(O)ccc21. The molecule has 30 heavy (non-hydrogen) atoms. The summed E-state index contributed by atoms with van der Waals surface area (Å²) >= 11 is 0. The lowest BCUT2D eigenvalue weighted by molar-refractivity contribution is 0.335. The molecule has 3 rings (SSSR count). The minimum atomic E-state index is -5.05. The van der Waals surface area contributed by atoms with Crippen LogP contribution in [0.25, 0.3) is 22.2 Å². The van der Waals surface area contributed by atoms with Crippen molar-refractivity contribution in [2.24, 2.45) is 0 Å². The molecule has 162 valence electrons. The molecular formula is C19H23NO8P2. The number of phenolic OH excluding ortho intramolecular Hbond substituents is 2. The van der Waals surface area contributed by atoms with Gasteiger partial charge < -0.3 is 34.4 Å². The summed E-state index contributed by atoms with van der Waals surface area (Å²) in [6.07, 6.45) is -0.484. The number of hydrogen-bond donors (Lipinski definition) is 6. The Bertz CT molecular complexity index is 1140. The first-order valence-corrected chi connectivity index (χ1v) is 12.5. The van der Waals surface area contributed by atoms with Crippen LogP contribution < -0.4 is 0 Å². The normalized spacial score (nSPS) is 12.7. The van der Waals surface area contributed by atoms with Crippen molar-refractivity contribution in [2.75, 3.05) is 0 Å². The number of phenols is 2. The van der Waals surface area contributed by atoms with Crippen LogP contribution >= 0.6 is 15.2 Å². The van der Waals surface area contributed by atoms with Crippen molar-refractivity contribution in [1.82, 2.24) is 4.57 Å². The van der Waals surface area contributed by atoms with Gasteiger partial charge in [0.15, 0.2) is 5.40 Å². The van der Waals surface area contributed by atoms with E-state index in [4.69, 9.17) is 0 Å². The molecule has 3 aromatic rings. The number of benzene rings is 2. The highest BCUT2D eigenvalue weighted by molar-refractivity contribution is 7.70. The van der Waals surface area contributed by atoms with Gasteiger partial charge in [0.1, 0.15) is 11.5 Å². The van der Waals surface area contributed by atoms with E-state index < -0.39 is 27.0 Å². The topological polar surface area (TPSA) is 160 Å². The van der Waals surface area contributed by atoms with E-state index in [1.165, 1.54) is 24.3 Å². The quantitative estimate of drug-likeness (QED) is 0.296. The van der Waals surface area contributed by atoms with Gasteiger partial charge in [0, 0.05) is 17.4 Å². The van der Waals surface area contributed by atoms with Gasteiger partial charge in [0.2, 0.25) is 0 Å². The van der Waals surface area contributed by atoms with Crippen LogP contribution in [0.4, 0.5) is 0 Å². The van der Waals surface area contributed by atoms with Crippen molar-refractivity contribution in [3.63, 3.8) is 0 Å². The molecule has 0 saturated heterocycles. The monoisotopic (exact) mass is 455 g/mol. The fraction of sp³-hybridized carbons (Fsp3) is 0.263. The number of aryl methyl sites for hydroxylation is 2. The molecule has 0 unspecified atom stereocenters. The number of nitrogens with zero attached hydrogens (tertiary/aromatic N) is 1. The van der Waals surface area contributed by atoms with Crippen LogP contribution in [0.1, 0.15) is 18.9 Å². The van der Waals surface area contributed by atoms with Crippen LogP contribution in [0.2, 0.25) is 0 Å². The Morgan fingerprint density at radius 3 is 2.00 bits per heavy atom. The molecule has 0 radical (unpaired) electrons. The third-order valence-corrected chi connectivity index (χ3v) is 8.91. The van der Waals surface area contributed by atoms with Crippen LogP contribution in [0.3, 0.4) is 0 Å². The highest BCUT2D eigenvalue weighted by atomic mass is 31.2. The molecule has 0 aliphatic rings. The smallest absolute Gasteiger partial charge is 0.340 e. The minimum absolute atomic E-state index is 0.00390. The van der Waals surface area contributed by atoms with E-state index in [1.807, 2.05) is 11.5 Å². The van der Waals surface area contributed by atoms with Crippen molar-refractivity contribution < 1.29 is 38.9 Å². The van der Waals surface area contributed by atoms with Gasteiger partial charge in [-0.3, -0.25) is 9.13 Å². The zero-order valence-electron chi connectivity index (χ0n) is 16.1. The lowest BCUT2D eigenvalue weighted by Gasteiger charge is -2.20. The molecule has 9 nitrogen and oxygen atoms in total. The van der Waals surface area contributed by atoms with Crippen LogP contribution in [0.5, 0.6) is 11.5 Å². The van der Waals surface area contributed by atoms with Gasteiger partial charge in [-0.2, -0.15) is 0 Å². The highest BCUT2D eigenvalue weighted by Gasteiger charge is 2.43. The van der Waals surface area contributed by atoms with Gasteiger partial charge in [-0.25, -0.2) is 0 Å². The van der Waals surface area contributed by atoms with E-state index >= 15 is 0 Å². The average molecular weight is 455 g/mol. The molecule has 2 aromatic carbocycles. The molecule has 1 aromatic heterocycles. The Morgan fingerprint density at radius 2 is 1.47 bits per heavy atom. The first-order valence-electron chi connectivity index (χ1n) is 9.17. The summed E-state index contributed by atoms with van der Waals surface area (Å²) in [5.74, 6) is 0.0657. The third kappa shape index (κ3) is 4.47. The van der Waals surface area contributed by atoms with Gasteiger partial charge in [0.05, 0.1) is 5.69 Å². The lowest BCUT2D eigenvalue weighted by Crippen LogP contribution is -2.11. The molecule has 0 saturated carbocycles. The van der Waals surface area contributed by atoms with Crippen molar-refractivity contribution in [3.8, 4) is 22.8 Å². The van der Waals surface area contributed by atoms with E-state index in [0.29, 0.717) is 28.8 Å². The van der Waals surface area contributed by atoms with Gasteiger partial charge in [-0.05, 0) is 73.4 Å². The molecule has 6 N–H and O–H groups in total. The standard InChI is InChI=1S/C19H23NO8P2/c1-2-20-17-9-7-14(22)11-16(17)15(19(20)12-3-5-13(21)6-4-12)8-10-18(29(23,24)25)30(26,27)28/h3-7,9,11,18,21-22H,2,8,10H2,1H3,(H2,23,24,25)(H2,26,27,28). The van der Waals surface area contributed by atoms with Gasteiger partial charge in [0.25, 0.3) is 0 Å². The fourth-order valence-corrected chi connectivity index (χ4v) is 6.25. The molecule has 1 heterocycles. The summed E-state index contributed by atoms with van der Waals surface area (Å²) < 4.78 is 25.3. The molecule has 11 heteroatoms. The summed E-state index contributed by atoms with van der Waals surface area (Å²) in [6, 6.07) is 11.1. The Morgan fingerprint density at radius 1 is 0.900 bits per heavy atom. The van der Waals surface area contributed by atoms with Crippen LogP contribution in [0, 0.1) is 0 Å². The number of fused-ring (bicyclic) bond motifs is 1. The molecule has 0 aliphatic heterocycles. The highest BCUT2D eigenvalue weighted by Crippen LogP contribution is 2.61. The lowest BCUT2D eigenvalue weighted by atomic mass is 10.0. The van der Waals surface area contributed by atoms with Crippen molar-refractivity contribution >= 4 is 26.1 Å². The zero-order valence-corrected chi connectivity index (χ0v) is 17.9. The van der Waals surface area contributed by atoms with Gasteiger partial charge in [-0.1, -0.05) is 0 Å². The Hall–Kier alpha value is -2.12. The summed E-state index contributed by atoms with van der Waals surface area (Å²) in [5.41, 5.74) is 2.76. The molecule has 0 spiro atoms. The molecule has 0 amide bonds. The van der Waals surface area contributed by atoms with E-state index in [1.54, 1.807) is 18.2 Å². The maximum atomic E-state index is 11.7. The Kier molecular flexibility index (Phi) is 6.16. The van der Waals surface area contributed by atoms with Crippen LogP contribution in [0.15, 0.2) is 42.5 Å². The molecule has 0 bridgehead atoms. The number of hydrogen-bond acceptors (Lipinski definition) is 4. The van der Waals surface area contributed by atoms with Crippen LogP contribution in [-0.4, -0.2) is 39.8 Å². The minimum Gasteiger partial charge on any atom is -0.508 e. The fourth-order valence-electron chi connectivity index (χ4n) is 3.75.